The van der Waals surface area contributed by atoms with Gasteiger partial charge in [0.1, 0.15) is 11.9 Å². The van der Waals surface area contributed by atoms with E-state index in [-0.39, 0.29) is 6.10 Å². The van der Waals surface area contributed by atoms with E-state index < -0.39 is 0 Å². The normalized spacial score (nSPS) is 27.3. The Labute approximate surface area is 121 Å². The summed E-state index contributed by atoms with van der Waals surface area (Å²) < 4.78 is 6.21. The van der Waals surface area contributed by atoms with Crippen molar-refractivity contribution in [1.29, 1.82) is 0 Å². The lowest BCUT2D eigenvalue weighted by Crippen LogP contribution is -2.37. The molecule has 2 nitrogen and oxygen atoms in total. The Hall–Kier alpha value is -0.730. The maximum Gasteiger partial charge on any atom is 0.120 e. The Kier molecular flexibility index (Phi) is 4.75. The fourth-order valence-electron chi connectivity index (χ4n) is 2.95. The molecule has 0 saturated heterocycles. The molecule has 0 radical (unpaired) electrons. The summed E-state index contributed by atoms with van der Waals surface area (Å²) in [4.78, 5) is 0. The smallest absolute Gasteiger partial charge is 0.120 e. The van der Waals surface area contributed by atoms with Gasteiger partial charge in [0, 0.05) is 10.9 Å². The van der Waals surface area contributed by atoms with Crippen molar-refractivity contribution in [1.82, 2.24) is 0 Å². The minimum absolute atomic E-state index is 0.244. The van der Waals surface area contributed by atoms with Crippen LogP contribution in [0.25, 0.3) is 0 Å². The number of nitrogens with two attached hydrogens (primary N) is 1. The molecule has 106 valence electrons. The van der Waals surface area contributed by atoms with Crippen LogP contribution in [0, 0.1) is 25.7 Å². The van der Waals surface area contributed by atoms with Crippen LogP contribution in [0.4, 0.5) is 0 Å². The molecule has 1 aromatic rings. The van der Waals surface area contributed by atoms with Crippen LogP contribution in [0.3, 0.4) is 0 Å². The third-order valence-electron chi connectivity index (χ3n) is 4.19. The Morgan fingerprint density at radius 3 is 2.47 bits per heavy atom. The predicted octanol–water partition coefficient (Wildman–Crippen LogP) is 4.10. The maximum atomic E-state index is 6.21. The quantitative estimate of drug-likeness (QED) is 0.905. The summed E-state index contributed by atoms with van der Waals surface area (Å²) in [5, 5.41) is 0.833. The first-order chi connectivity index (χ1) is 9.01. The van der Waals surface area contributed by atoms with Gasteiger partial charge in [-0.15, -0.1) is 0 Å². The van der Waals surface area contributed by atoms with Gasteiger partial charge in [-0.25, -0.2) is 0 Å². The number of hydrogen-bond donors (Lipinski definition) is 1. The highest BCUT2D eigenvalue weighted by atomic mass is 35.5. The molecule has 2 N–H and O–H groups in total. The van der Waals surface area contributed by atoms with Crippen LogP contribution in [0.2, 0.25) is 5.02 Å². The van der Waals surface area contributed by atoms with E-state index in [4.69, 9.17) is 22.1 Å². The molecule has 0 spiro atoms. The molecule has 3 atom stereocenters. The molecule has 0 amide bonds. The van der Waals surface area contributed by atoms with Crippen LogP contribution in [-0.4, -0.2) is 12.6 Å². The van der Waals surface area contributed by atoms with Crippen molar-refractivity contribution in [3.8, 4) is 5.75 Å². The third-order valence-corrected chi connectivity index (χ3v) is 4.79. The zero-order chi connectivity index (χ0) is 14.0. The molecule has 0 aromatic heterocycles. The van der Waals surface area contributed by atoms with Crippen molar-refractivity contribution in [2.75, 3.05) is 6.54 Å². The van der Waals surface area contributed by atoms with E-state index in [0.717, 1.165) is 34.2 Å². The van der Waals surface area contributed by atoms with Crippen LogP contribution in [-0.2, 0) is 0 Å². The Balaban J connectivity index is 2.14. The van der Waals surface area contributed by atoms with Crippen molar-refractivity contribution in [2.24, 2.45) is 17.6 Å². The second-order valence-electron chi connectivity index (χ2n) is 5.94. The third kappa shape index (κ3) is 3.43. The van der Waals surface area contributed by atoms with Crippen molar-refractivity contribution in [3.63, 3.8) is 0 Å². The zero-order valence-electron chi connectivity index (χ0n) is 12.1. The molecule has 0 heterocycles. The highest BCUT2D eigenvalue weighted by Gasteiger charge is 2.29. The van der Waals surface area contributed by atoms with Gasteiger partial charge in [-0.2, -0.15) is 0 Å². The van der Waals surface area contributed by atoms with Gasteiger partial charge >= 0.3 is 0 Å². The monoisotopic (exact) mass is 281 g/mol. The van der Waals surface area contributed by atoms with Gasteiger partial charge in [-0.05, 0) is 62.4 Å². The zero-order valence-corrected chi connectivity index (χ0v) is 12.8. The first kappa shape index (κ1) is 14.7. The van der Waals surface area contributed by atoms with Crippen molar-refractivity contribution in [2.45, 2.75) is 46.1 Å². The number of benzene rings is 1. The number of ether oxygens (including phenoxy) is 1. The van der Waals surface area contributed by atoms with E-state index in [0.29, 0.717) is 12.5 Å². The van der Waals surface area contributed by atoms with Gasteiger partial charge in [0.15, 0.2) is 0 Å². The fourth-order valence-corrected chi connectivity index (χ4v) is 3.06. The van der Waals surface area contributed by atoms with Gasteiger partial charge in [-0.1, -0.05) is 24.9 Å². The van der Waals surface area contributed by atoms with Crippen LogP contribution in [0.1, 0.15) is 37.3 Å². The first-order valence-corrected chi connectivity index (χ1v) is 7.52. The van der Waals surface area contributed by atoms with E-state index in [1.165, 1.54) is 12.8 Å². The van der Waals surface area contributed by atoms with E-state index >= 15 is 0 Å². The summed E-state index contributed by atoms with van der Waals surface area (Å²) in [6.07, 6.45) is 3.78. The van der Waals surface area contributed by atoms with Crippen molar-refractivity contribution < 1.29 is 4.74 Å². The summed E-state index contributed by atoms with van der Waals surface area (Å²) in [5.74, 6) is 2.13. The predicted molar refractivity (Wildman–Crippen MR) is 80.9 cm³/mol. The summed E-state index contributed by atoms with van der Waals surface area (Å²) in [6, 6.07) is 4.06. The average molecular weight is 282 g/mol. The Morgan fingerprint density at radius 2 is 1.89 bits per heavy atom. The van der Waals surface area contributed by atoms with E-state index in [1.54, 1.807) is 0 Å². The van der Waals surface area contributed by atoms with Gasteiger partial charge in [0.05, 0.1) is 0 Å². The van der Waals surface area contributed by atoms with Gasteiger partial charge in [0.25, 0.3) is 0 Å². The molecule has 1 fully saturated rings. The molecule has 2 rings (SSSR count). The topological polar surface area (TPSA) is 35.2 Å². The molecule has 1 saturated carbocycles. The molecule has 0 bridgehead atoms. The number of halogens is 1. The average Bonchev–Trinajstić information content (AvgIpc) is 2.36. The summed E-state index contributed by atoms with van der Waals surface area (Å²) in [7, 11) is 0. The second-order valence-corrected chi connectivity index (χ2v) is 6.32. The van der Waals surface area contributed by atoms with Crippen molar-refractivity contribution in [3.05, 3.63) is 28.3 Å². The summed E-state index contributed by atoms with van der Waals surface area (Å²) in [5.41, 5.74) is 8.02. The van der Waals surface area contributed by atoms with Gasteiger partial charge in [-0.3, -0.25) is 0 Å². The summed E-state index contributed by atoms with van der Waals surface area (Å²) >= 11 is 6.20. The minimum Gasteiger partial charge on any atom is -0.490 e. The molecule has 1 aliphatic rings. The largest absolute Gasteiger partial charge is 0.490 e. The highest BCUT2D eigenvalue weighted by molar-refractivity contribution is 6.32. The lowest BCUT2D eigenvalue weighted by Gasteiger charge is -2.34. The van der Waals surface area contributed by atoms with Crippen LogP contribution >= 0.6 is 11.6 Å². The molecule has 3 heteroatoms. The molecule has 3 unspecified atom stereocenters. The van der Waals surface area contributed by atoms with Crippen LogP contribution < -0.4 is 10.5 Å². The van der Waals surface area contributed by atoms with E-state index in [2.05, 4.69) is 6.92 Å². The standard InChI is InChI=1S/C16H24ClNO/c1-10-4-5-13(9-18)15(6-10)19-14-7-11(2)16(17)12(3)8-14/h7-8,10,13,15H,4-6,9,18H2,1-3H3. The van der Waals surface area contributed by atoms with Gasteiger partial charge in [0.2, 0.25) is 0 Å². The molecule has 1 aliphatic carbocycles. The number of rotatable bonds is 3. The molecule has 1 aromatic carbocycles. The minimum atomic E-state index is 0.244. The van der Waals surface area contributed by atoms with Crippen LogP contribution in [0.5, 0.6) is 5.75 Å². The lowest BCUT2D eigenvalue weighted by atomic mass is 9.80. The summed E-state index contributed by atoms with van der Waals surface area (Å²) in [6.45, 7) is 7.04. The second kappa shape index (κ2) is 6.15. The van der Waals surface area contributed by atoms with Gasteiger partial charge < -0.3 is 10.5 Å². The fraction of sp³-hybridized carbons (Fsp3) is 0.625. The first-order valence-electron chi connectivity index (χ1n) is 7.14. The number of aryl methyl sites for hydroxylation is 2. The Bertz CT molecular complexity index is 423. The van der Waals surface area contributed by atoms with Crippen molar-refractivity contribution >= 4 is 11.6 Å². The molecular formula is C16H24ClNO. The van der Waals surface area contributed by atoms with E-state index in [1.807, 2.05) is 26.0 Å². The highest BCUT2D eigenvalue weighted by Crippen LogP contribution is 2.33. The Morgan fingerprint density at radius 1 is 1.26 bits per heavy atom. The molecular weight excluding hydrogens is 258 g/mol. The molecule has 0 aliphatic heterocycles. The molecule has 19 heavy (non-hydrogen) atoms. The lowest BCUT2D eigenvalue weighted by molar-refractivity contribution is 0.0741. The van der Waals surface area contributed by atoms with Crippen LogP contribution in [0.15, 0.2) is 12.1 Å². The number of hydrogen-bond acceptors (Lipinski definition) is 2. The maximum absolute atomic E-state index is 6.21. The van der Waals surface area contributed by atoms with E-state index in [9.17, 15) is 0 Å². The SMILES string of the molecule is Cc1cc(OC2CC(C)CCC2CN)cc(C)c1Cl.